The van der Waals surface area contributed by atoms with Crippen LogP contribution in [-0.2, 0) is 4.79 Å². The van der Waals surface area contributed by atoms with Crippen molar-refractivity contribution in [1.29, 1.82) is 0 Å². The molecular formula is C21H26N2O5. The van der Waals surface area contributed by atoms with Crippen molar-refractivity contribution >= 4 is 12.1 Å². The van der Waals surface area contributed by atoms with Gasteiger partial charge in [0.1, 0.15) is 0 Å². The average molecular weight is 386 g/mol. The highest BCUT2D eigenvalue weighted by Crippen LogP contribution is 2.28. The van der Waals surface area contributed by atoms with Gasteiger partial charge >= 0.3 is 0 Å². The highest BCUT2D eigenvalue weighted by molar-refractivity contribution is 5.82. The van der Waals surface area contributed by atoms with E-state index in [1.54, 1.807) is 13.3 Å². The number of amides is 1. The molecule has 0 spiro atoms. The van der Waals surface area contributed by atoms with Crippen LogP contribution in [-0.4, -0.2) is 39.1 Å². The van der Waals surface area contributed by atoms with Crippen molar-refractivity contribution in [3.8, 4) is 23.0 Å². The zero-order chi connectivity index (χ0) is 20.2. The van der Waals surface area contributed by atoms with Crippen LogP contribution in [0.3, 0.4) is 0 Å². The Kier molecular flexibility index (Phi) is 8.65. The van der Waals surface area contributed by atoms with E-state index in [2.05, 4.69) is 10.5 Å². The molecule has 0 fully saturated rings. The predicted octanol–water partition coefficient (Wildman–Crippen LogP) is 3.41. The summed E-state index contributed by atoms with van der Waals surface area (Å²) in [5.41, 5.74) is 3.16. The largest absolute Gasteiger partial charge is 0.493 e. The van der Waals surface area contributed by atoms with E-state index in [0.29, 0.717) is 49.2 Å². The molecule has 0 aliphatic carbocycles. The lowest BCUT2D eigenvalue weighted by Gasteiger charge is -2.13. The molecule has 1 N–H and O–H groups in total. The number of nitrogens with zero attached hydrogens (tertiary/aromatic N) is 1. The topological polar surface area (TPSA) is 78.4 Å². The number of rotatable bonds is 11. The minimum absolute atomic E-state index is 0.225. The van der Waals surface area contributed by atoms with Gasteiger partial charge in [0.25, 0.3) is 0 Å². The molecule has 0 bridgehead atoms. The molecule has 0 saturated heterocycles. The molecule has 2 aromatic rings. The van der Waals surface area contributed by atoms with E-state index in [9.17, 15) is 4.79 Å². The number of hydrogen-bond acceptors (Lipinski definition) is 6. The third-order valence-corrected chi connectivity index (χ3v) is 3.58. The van der Waals surface area contributed by atoms with Crippen LogP contribution < -0.4 is 24.4 Å². The lowest BCUT2D eigenvalue weighted by Crippen LogP contribution is -2.12. The maximum absolute atomic E-state index is 10.9. The normalized spacial score (nSPS) is 10.5. The quantitative estimate of drug-likeness (QED) is 0.364. The average Bonchev–Trinajstić information content (AvgIpc) is 2.69. The van der Waals surface area contributed by atoms with Crippen LogP contribution in [0.2, 0.25) is 0 Å². The maximum atomic E-state index is 10.9. The molecule has 2 aromatic carbocycles. The van der Waals surface area contributed by atoms with E-state index < -0.39 is 0 Å². The number of carbonyl (C=O) groups excluding carboxylic acids is 1. The molecule has 7 heteroatoms. The van der Waals surface area contributed by atoms with Crippen molar-refractivity contribution in [2.75, 3.05) is 26.9 Å². The van der Waals surface area contributed by atoms with Gasteiger partial charge in [-0.05, 0) is 42.8 Å². The number of hydrazone groups is 1. The molecule has 0 aromatic heterocycles. The summed E-state index contributed by atoms with van der Waals surface area (Å²) in [7, 11) is 1.62. The zero-order valence-corrected chi connectivity index (χ0v) is 16.4. The van der Waals surface area contributed by atoms with Gasteiger partial charge in [-0.2, -0.15) is 5.10 Å². The second kappa shape index (κ2) is 11.5. The van der Waals surface area contributed by atoms with Gasteiger partial charge in [0, 0.05) is 13.3 Å². The summed E-state index contributed by atoms with van der Waals surface area (Å²) in [5, 5.41) is 3.85. The first-order chi connectivity index (χ1) is 13.6. The third-order valence-electron chi connectivity index (χ3n) is 3.58. The molecule has 0 saturated carbocycles. The van der Waals surface area contributed by atoms with Gasteiger partial charge in [0.05, 0.1) is 33.1 Å². The Morgan fingerprint density at radius 3 is 2.32 bits per heavy atom. The van der Waals surface area contributed by atoms with Gasteiger partial charge in [0.2, 0.25) is 5.91 Å². The minimum Gasteiger partial charge on any atom is -0.493 e. The highest BCUT2D eigenvalue weighted by atomic mass is 16.5. The van der Waals surface area contributed by atoms with Gasteiger partial charge in [0.15, 0.2) is 23.0 Å². The van der Waals surface area contributed by atoms with Crippen molar-refractivity contribution in [3.05, 3.63) is 48.0 Å². The SMILES string of the molecule is CCOc1cc(C=NNC(C)=O)ccc1OCCCOc1ccccc1OC. The second-order valence-electron chi connectivity index (χ2n) is 5.77. The van der Waals surface area contributed by atoms with E-state index in [1.165, 1.54) is 6.92 Å². The highest BCUT2D eigenvalue weighted by Gasteiger charge is 2.07. The van der Waals surface area contributed by atoms with Crippen molar-refractivity contribution in [3.63, 3.8) is 0 Å². The van der Waals surface area contributed by atoms with Crippen LogP contribution in [0.1, 0.15) is 25.8 Å². The number of benzene rings is 2. The fourth-order valence-electron chi connectivity index (χ4n) is 2.35. The molecule has 0 heterocycles. The summed E-state index contributed by atoms with van der Waals surface area (Å²) >= 11 is 0. The number of methoxy groups -OCH3 is 1. The Bertz CT molecular complexity index is 792. The Balaban J connectivity index is 1.86. The molecule has 1 amide bonds. The van der Waals surface area contributed by atoms with Crippen LogP contribution in [0.5, 0.6) is 23.0 Å². The Morgan fingerprint density at radius 1 is 1.00 bits per heavy atom. The predicted molar refractivity (Wildman–Crippen MR) is 108 cm³/mol. The molecule has 28 heavy (non-hydrogen) atoms. The van der Waals surface area contributed by atoms with Gasteiger partial charge in [-0.1, -0.05) is 12.1 Å². The Hall–Kier alpha value is -3.22. The van der Waals surface area contributed by atoms with E-state index >= 15 is 0 Å². The number of hydrogen-bond donors (Lipinski definition) is 1. The lowest BCUT2D eigenvalue weighted by atomic mass is 10.2. The van der Waals surface area contributed by atoms with E-state index in [0.717, 1.165) is 5.56 Å². The molecule has 7 nitrogen and oxygen atoms in total. The van der Waals surface area contributed by atoms with Crippen LogP contribution in [0.4, 0.5) is 0 Å². The van der Waals surface area contributed by atoms with Gasteiger partial charge in [-0.25, -0.2) is 5.43 Å². The monoisotopic (exact) mass is 386 g/mol. The summed E-state index contributed by atoms with van der Waals surface area (Å²) in [6, 6.07) is 13.0. The van der Waals surface area contributed by atoms with E-state index in [-0.39, 0.29) is 5.91 Å². The fourth-order valence-corrected chi connectivity index (χ4v) is 2.35. The summed E-state index contributed by atoms with van der Waals surface area (Å²) in [6.07, 6.45) is 2.25. The molecule has 0 unspecified atom stereocenters. The maximum Gasteiger partial charge on any atom is 0.236 e. The second-order valence-corrected chi connectivity index (χ2v) is 5.77. The first-order valence-electron chi connectivity index (χ1n) is 9.09. The molecule has 150 valence electrons. The van der Waals surface area contributed by atoms with Gasteiger partial charge in [-0.15, -0.1) is 0 Å². The van der Waals surface area contributed by atoms with Crippen LogP contribution in [0, 0.1) is 0 Å². The molecule has 0 atom stereocenters. The van der Waals surface area contributed by atoms with Crippen molar-refractivity contribution < 1.29 is 23.7 Å². The number of para-hydroxylation sites is 2. The molecule has 2 rings (SSSR count). The fraction of sp³-hybridized carbons (Fsp3) is 0.333. The summed E-state index contributed by atoms with van der Waals surface area (Å²) in [5.74, 6) is 2.47. The number of ether oxygens (including phenoxy) is 4. The van der Waals surface area contributed by atoms with Crippen LogP contribution >= 0.6 is 0 Å². The van der Waals surface area contributed by atoms with Crippen molar-refractivity contribution in [2.24, 2.45) is 5.10 Å². The van der Waals surface area contributed by atoms with Crippen molar-refractivity contribution in [1.82, 2.24) is 5.43 Å². The van der Waals surface area contributed by atoms with Gasteiger partial charge < -0.3 is 18.9 Å². The lowest BCUT2D eigenvalue weighted by molar-refractivity contribution is -0.118. The minimum atomic E-state index is -0.225. The molecule has 0 aliphatic heterocycles. The first-order valence-corrected chi connectivity index (χ1v) is 9.09. The van der Waals surface area contributed by atoms with Gasteiger partial charge in [-0.3, -0.25) is 4.79 Å². The standard InChI is InChI=1S/C21H26N2O5/c1-4-26-21-14-17(15-22-23-16(2)24)10-11-20(21)28-13-7-12-27-19-9-6-5-8-18(19)25-3/h5-6,8-11,14-15H,4,7,12-13H2,1-3H3,(H,23,24). The van der Waals surface area contributed by atoms with E-state index in [4.69, 9.17) is 18.9 Å². The van der Waals surface area contributed by atoms with E-state index in [1.807, 2.05) is 49.4 Å². The van der Waals surface area contributed by atoms with Crippen LogP contribution in [0.25, 0.3) is 0 Å². The number of carbonyl (C=O) groups is 1. The Morgan fingerprint density at radius 2 is 1.68 bits per heavy atom. The number of nitrogens with one attached hydrogen (secondary N) is 1. The van der Waals surface area contributed by atoms with Crippen LogP contribution in [0.15, 0.2) is 47.6 Å². The third kappa shape index (κ3) is 6.83. The van der Waals surface area contributed by atoms with Crippen molar-refractivity contribution in [2.45, 2.75) is 20.3 Å². The summed E-state index contributed by atoms with van der Waals surface area (Å²) in [6.45, 7) is 4.81. The molecule has 0 radical (unpaired) electrons. The zero-order valence-electron chi connectivity index (χ0n) is 16.4. The molecule has 0 aliphatic rings. The Labute approximate surface area is 165 Å². The first kappa shape index (κ1) is 21.1. The summed E-state index contributed by atoms with van der Waals surface area (Å²) in [4.78, 5) is 10.9. The summed E-state index contributed by atoms with van der Waals surface area (Å²) < 4.78 is 22.5. The smallest absolute Gasteiger partial charge is 0.236 e. The molecular weight excluding hydrogens is 360 g/mol.